The number of carbonyl (C=O) groups is 1. The van der Waals surface area contributed by atoms with Gasteiger partial charge in [0, 0.05) is 36.5 Å². The number of rotatable bonds is 5. The van der Waals surface area contributed by atoms with E-state index < -0.39 is 46.7 Å². The number of hydrogen-bond acceptors (Lipinski definition) is 2. The number of pyridine rings is 1. The summed E-state index contributed by atoms with van der Waals surface area (Å²) in [5.41, 5.74) is -6.43. The monoisotopic (exact) mass is 544 g/mol. The van der Waals surface area contributed by atoms with Crippen molar-refractivity contribution in [1.82, 2.24) is 9.88 Å². The SMILES string of the molecule is C[C@]1(c2ccc(F)cc2)CN(C(=O)Cc2ccncc2)C[C@H]1C1C=CC(C(F)(C(F)(F)F)C(F)(F)F)=CC1. The van der Waals surface area contributed by atoms with Gasteiger partial charge in [-0.25, -0.2) is 8.78 Å². The highest BCUT2D eigenvalue weighted by molar-refractivity contribution is 5.79. The van der Waals surface area contributed by atoms with Crippen molar-refractivity contribution in [2.75, 3.05) is 13.1 Å². The molecule has 0 spiro atoms. The molecule has 1 aromatic heterocycles. The van der Waals surface area contributed by atoms with Crippen LogP contribution in [0.4, 0.5) is 35.1 Å². The highest BCUT2D eigenvalue weighted by atomic mass is 19.4. The molecule has 0 N–H and O–H groups in total. The Labute approximate surface area is 213 Å². The maximum atomic E-state index is 14.6. The summed E-state index contributed by atoms with van der Waals surface area (Å²) in [7, 11) is 0. The van der Waals surface area contributed by atoms with Crippen molar-refractivity contribution in [1.29, 1.82) is 0 Å². The van der Waals surface area contributed by atoms with Gasteiger partial charge in [0.05, 0.1) is 6.42 Å². The Balaban J connectivity index is 1.63. The number of aromatic nitrogens is 1. The molecule has 1 aliphatic carbocycles. The highest BCUT2D eigenvalue weighted by Gasteiger charge is 2.74. The summed E-state index contributed by atoms with van der Waals surface area (Å²) in [5, 5.41) is 0. The zero-order valence-electron chi connectivity index (χ0n) is 20.2. The fourth-order valence-electron chi connectivity index (χ4n) is 5.42. The van der Waals surface area contributed by atoms with Crippen molar-refractivity contribution in [3.8, 4) is 0 Å². The highest BCUT2D eigenvalue weighted by Crippen LogP contribution is 2.53. The van der Waals surface area contributed by atoms with Crippen molar-refractivity contribution in [2.45, 2.75) is 43.2 Å². The topological polar surface area (TPSA) is 33.2 Å². The molecule has 1 amide bonds. The van der Waals surface area contributed by atoms with Gasteiger partial charge in [0.25, 0.3) is 0 Å². The lowest BCUT2D eigenvalue weighted by molar-refractivity contribution is -0.325. The third-order valence-corrected chi connectivity index (χ3v) is 7.54. The molecule has 0 saturated carbocycles. The van der Waals surface area contributed by atoms with Gasteiger partial charge >= 0.3 is 18.0 Å². The first-order chi connectivity index (χ1) is 17.7. The van der Waals surface area contributed by atoms with Crippen LogP contribution in [0.1, 0.15) is 24.5 Å². The number of hydrogen-bond donors (Lipinski definition) is 0. The Morgan fingerprint density at radius 3 is 2.13 bits per heavy atom. The predicted molar refractivity (Wildman–Crippen MR) is 123 cm³/mol. The Morgan fingerprint density at radius 2 is 1.61 bits per heavy atom. The largest absolute Gasteiger partial charge is 0.435 e. The summed E-state index contributed by atoms with van der Waals surface area (Å²) in [6, 6.07) is 8.96. The average molecular weight is 544 g/mol. The summed E-state index contributed by atoms with van der Waals surface area (Å²) < 4.78 is 108. The molecule has 38 heavy (non-hydrogen) atoms. The molecule has 0 radical (unpaired) electrons. The molecular formula is C27H24F8N2O. The Hall–Kier alpha value is -3.24. The molecule has 0 bridgehead atoms. The second-order valence-electron chi connectivity index (χ2n) is 9.91. The molecule has 1 saturated heterocycles. The van der Waals surface area contributed by atoms with E-state index in [9.17, 15) is 39.9 Å². The first-order valence-corrected chi connectivity index (χ1v) is 11.8. The van der Waals surface area contributed by atoms with E-state index >= 15 is 0 Å². The van der Waals surface area contributed by atoms with E-state index in [2.05, 4.69) is 4.98 Å². The van der Waals surface area contributed by atoms with Gasteiger partial charge in [-0.05, 0) is 53.6 Å². The van der Waals surface area contributed by atoms with Crippen LogP contribution in [0.15, 0.2) is 72.6 Å². The van der Waals surface area contributed by atoms with E-state index in [1.807, 2.05) is 6.92 Å². The number of alkyl halides is 7. The van der Waals surface area contributed by atoms with Crippen LogP contribution < -0.4 is 0 Å². The van der Waals surface area contributed by atoms with Crippen LogP contribution in [0.2, 0.25) is 0 Å². The van der Waals surface area contributed by atoms with Crippen LogP contribution in [0.3, 0.4) is 0 Å². The summed E-state index contributed by atoms with van der Waals surface area (Å²) >= 11 is 0. The van der Waals surface area contributed by atoms with Gasteiger partial charge in [0.2, 0.25) is 5.91 Å². The van der Waals surface area contributed by atoms with Gasteiger partial charge in [-0.3, -0.25) is 9.78 Å². The number of benzene rings is 1. The minimum Gasteiger partial charge on any atom is -0.341 e. The smallest absolute Gasteiger partial charge is 0.341 e. The molecule has 2 aromatic rings. The molecule has 1 unspecified atom stereocenters. The van der Waals surface area contributed by atoms with E-state index in [4.69, 9.17) is 0 Å². The molecule has 11 heteroatoms. The van der Waals surface area contributed by atoms with Gasteiger partial charge in [0.1, 0.15) is 5.82 Å². The normalized spacial score (nSPS) is 24.4. The second-order valence-corrected chi connectivity index (χ2v) is 9.91. The number of nitrogens with zero attached hydrogens (tertiary/aromatic N) is 2. The van der Waals surface area contributed by atoms with Crippen molar-refractivity contribution in [3.05, 3.63) is 89.5 Å². The van der Waals surface area contributed by atoms with Crippen LogP contribution in [-0.2, 0) is 16.6 Å². The molecule has 3 atom stereocenters. The number of allylic oxidation sites excluding steroid dienone is 4. The van der Waals surface area contributed by atoms with Crippen LogP contribution >= 0.6 is 0 Å². The fraction of sp³-hybridized carbons (Fsp3) is 0.407. The van der Waals surface area contributed by atoms with Crippen LogP contribution in [0.25, 0.3) is 0 Å². The number of halogens is 8. The van der Waals surface area contributed by atoms with E-state index in [0.29, 0.717) is 17.7 Å². The van der Waals surface area contributed by atoms with E-state index in [1.54, 1.807) is 41.6 Å². The second kappa shape index (κ2) is 9.81. The lowest BCUT2D eigenvalue weighted by atomic mass is 9.67. The Bertz CT molecular complexity index is 1210. The standard InChI is InChI=1S/C27H24F8N2O/c1-24(19-6-8-21(28)9-7-19)16-37(23(38)14-17-10-12-36-13-11-17)15-22(24)18-2-4-20(5-3-18)25(29,26(30,31)32)27(33,34)35/h2,4-13,18,22H,3,14-16H2,1H3/t18?,22-,24+/m0/s1. The maximum absolute atomic E-state index is 14.6. The van der Waals surface area contributed by atoms with Gasteiger partial charge < -0.3 is 4.90 Å². The molecule has 3 nitrogen and oxygen atoms in total. The van der Waals surface area contributed by atoms with Crippen molar-refractivity contribution >= 4 is 5.91 Å². The predicted octanol–water partition coefficient (Wildman–Crippen LogP) is 6.51. The van der Waals surface area contributed by atoms with Crippen LogP contribution in [-0.4, -0.2) is 46.9 Å². The first kappa shape index (κ1) is 27.8. The molecule has 1 aromatic carbocycles. The average Bonchev–Trinajstić information content (AvgIpc) is 3.22. The summed E-state index contributed by atoms with van der Waals surface area (Å²) in [6.45, 7) is 2.18. The molecular weight excluding hydrogens is 520 g/mol. The zero-order chi connectivity index (χ0) is 27.9. The van der Waals surface area contributed by atoms with Crippen molar-refractivity contribution < 1.29 is 39.9 Å². The molecule has 1 aliphatic heterocycles. The lowest BCUT2D eigenvalue weighted by Crippen LogP contribution is -2.54. The summed E-state index contributed by atoms with van der Waals surface area (Å²) in [4.78, 5) is 18.6. The Morgan fingerprint density at radius 1 is 1.00 bits per heavy atom. The van der Waals surface area contributed by atoms with Crippen LogP contribution in [0.5, 0.6) is 0 Å². The number of amides is 1. The number of carbonyl (C=O) groups excluding carboxylic acids is 1. The third-order valence-electron chi connectivity index (χ3n) is 7.54. The van der Waals surface area contributed by atoms with Gasteiger partial charge in [-0.2, -0.15) is 26.3 Å². The number of likely N-dealkylation sites (tertiary alicyclic amines) is 1. The lowest BCUT2D eigenvalue weighted by Gasteiger charge is -2.37. The van der Waals surface area contributed by atoms with Gasteiger partial charge in [0.15, 0.2) is 0 Å². The summed E-state index contributed by atoms with van der Waals surface area (Å²) in [6.07, 6.45) is -7.19. The molecule has 204 valence electrons. The summed E-state index contributed by atoms with van der Waals surface area (Å²) in [5.74, 6) is -1.76. The van der Waals surface area contributed by atoms with E-state index in [-0.39, 0.29) is 31.8 Å². The maximum Gasteiger partial charge on any atom is 0.435 e. The van der Waals surface area contributed by atoms with E-state index in [1.165, 1.54) is 12.1 Å². The van der Waals surface area contributed by atoms with E-state index in [0.717, 1.165) is 11.6 Å². The van der Waals surface area contributed by atoms with Gasteiger partial charge in [-0.1, -0.05) is 37.3 Å². The third kappa shape index (κ3) is 4.94. The molecule has 2 aliphatic rings. The quantitative estimate of drug-likeness (QED) is 0.402. The van der Waals surface area contributed by atoms with Crippen molar-refractivity contribution in [2.24, 2.45) is 11.8 Å². The molecule has 1 fully saturated rings. The first-order valence-electron chi connectivity index (χ1n) is 11.8. The molecule has 2 heterocycles. The van der Waals surface area contributed by atoms with Gasteiger partial charge in [-0.15, -0.1) is 0 Å². The molecule has 4 rings (SSSR count). The minimum absolute atomic E-state index is 0.0703. The minimum atomic E-state index is -6.19. The fourth-order valence-corrected chi connectivity index (χ4v) is 5.42. The van der Waals surface area contributed by atoms with Crippen LogP contribution in [0, 0.1) is 17.7 Å². The Kier molecular flexibility index (Phi) is 7.18. The zero-order valence-corrected chi connectivity index (χ0v) is 20.2. The van der Waals surface area contributed by atoms with Crippen molar-refractivity contribution in [3.63, 3.8) is 0 Å².